The molecule has 0 unspecified atom stereocenters. The number of amides is 1. The van der Waals surface area contributed by atoms with Crippen LogP contribution in [0.1, 0.15) is 13.8 Å². The van der Waals surface area contributed by atoms with Crippen LogP contribution in [0.15, 0.2) is 35.2 Å². The second-order valence-corrected chi connectivity index (χ2v) is 5.74. The maximum absolute atomic E-state index is 11.8. The predicted molar refractivity (Wildman–Crippen MR) is 64.6 cm³/mol. The standard InChI is InChI=1S/C11H16N2O3S/c1-8(2)10(12)11(14)13-17(15,16)9-6-4-3-5-7-9/h3-8,10H,12H2,1-2H3,(H,13,14)/t10-/m1/s1. The van der Waals surface area contributed by atoms with Gasteiger partial charge in [0.2, 0.25) is 0 Å². The second kappa shape index (κ2) is 5.29. The van der Waals surface area contributed by atoms with Crippen LogP contribution in [0.3, 0.4) is 0 Å². The van der Waals surface area contributed by atoms with Crippen molar-refractivity contribution in [2.75, 3.05) is 0 Å². The highest BCUT2D eigenvalue weighted by molar-refractivity contribution is 7.90. The molecule has 0 aromatic heterocycles. The van der Waals surface area contributed by atoms with E-state index >= 15 is 0 Å². The number of hydrogen-bond acceptors (Lipinski definition) is 4. The van der Waals surface area contributed by atoms with Gasteiger partial charge in [-0.15, -0.1) is 0 Å². The normalized spacial score (nSPS) is 13.4. The van der Waals surface area contributed by atoms with Gasteiger partial charge in [-0.1, -0.05) is 32.0 Å². The first-order chi connectivity index (χ1) is 7.84. The number of nitrogens with two attached hydrogens (primary N) is 1. The van der Waals surface area contributed by atoms with Crippen LogP contribution in [0.5, 0.6) is 0 Å². The summed E-state index contributed by atoms with van der Waals surface area (Å²) in [6.07, 6.45) is 0. The molecule has 0 spiro atoms. The molecule has 0 aliphatic heterocycles. The molecule has 0 saturated carbocycles. The zero-order valence-electron chi connectivity index (χ0n) is 9.75. The first-order valence-corrected chi connectivity index (χ1v) is 6.70. The monoisotopic (exact) mass is 256 g/mol. The minimum atomic E-state index is -3.82. The van der Waals surface area contributed by atoms with Gasteiger partial charge in [-0.05, 0) is 18.1 Å². The summed E-state index contributed by atoms with van der Waals surface area (Å²) in [4.78, 5) is 11.6. The first-order valence-electron chi connectivity index (χ1n) is 5.22. The van der Waals surface area contributed by atoms with E-state index < -0.39 is 22.0 Å². The zero-order valence-corrected chi connectivity index (χ0v) is 10.6. The van der Waals surface area contributed by atoms with Crippen molar-refractivity contribution in [3.05, 3.63) is 30.3 Å². The first kappa shape index (κ1) is 13.7. The Bertz CT molecular complexity index is 483. The van der Waals surface area contributed by atoms with Gasteiger partial charge in [0.25, 0.3) is 15.9 Å². The van der Waals surface area contributed by atoms with Crippen molar-refractivity contribution in [2.24, 2.45) is 11.7 Å². The summed E-state index contributed by atoms with van der Waals surface area (Å²) in [6.45, 7) is 3.50. The number of nitrogens with one attached hydrogen (secondary N) is 1. The maximum Gasteiger partial charge on any atom is 0.264 e. The number of sulfonamides is 1. The Labute approximate surface area is 101 Å². The molecule has 0 aliphatic rings. The van der Waals surface area contributed by atoms with E-state index in [1.807, 2.05) is 4.72 Å². The van der Waals surface area contributed by atoms with Crippen LogP contribution < -0.4 is 10.5 Å². The Morgan fingerprint density at radius 3 is 2.24 bits per heavy atom. The highest BCUT2D eigenvalue weighted by atomic mass is 32.2. The molecule has 1 rings (SSSR count). The van der Waals surface area contributed by atoms with Crippen molar-refractivity contribution < 1.29 is 13.2 Å². The summed E-state index contributed by atoms with van der Waals surface area (Å²) in [5.74, 6) is -0.815. The summed E-state index contributed by atoms with van der Waals surface area (Å²) < 4.78 is 25.5. The molecule has 5 nitrogen and oxygen atoms in total. The van der Waals surface area contributed by atoms with Crippen molar-refractivity contribution in [1.29, 1.82) is 0 Å². The minimum Gasteiger partial charge on any atom is -0.320 e. The van der Waals surface area contributed by atoms with Gasteiger partial charge in [0, 0.05) is 0 Å². The van der Waals surface area contributed by atoms with E-state index in [1.54, 1.807) is 32.0 Å². The molecule has 0 fully saturated rings. The van der Waals surface area contributed by atoms with Crippen LogP contribution >= 0.6 is 0 Å². The van der Waals surface area contributed by atoms with Crippen molar-refractivity contribution >= 4 is 15.9 Å². The third-order valence-electron chi connectivity index (χ3n) is 2.31. The lowest BCUT2D eigenvalue weighted by Crippen LogP contribution is -2.46. The van der Waals surface area contributed by atoms with Gasteiger partial charge in [0.1, 0.15) is 0 Å². The number of carbonyl (C=O) groups excluding carboxylic acids is 1. The summed E-state index contributed by atoms with van der Waals surface area (Å²) in [7, 11) is -3.82. The van der Waals surface area contributed by atoms with Crippen LogP contribution in [0.4, 0.5) is 0 Å². The highest BCUT2D eigenvalue weighted by Gasteiger charge is 2.23. The fraction of sp³-hybridized carbons (Fsp3) is 0.364. The molecule has 1 atom stereocenters. The van der Waals surface area contributed by atoms with Gasteiger partial charge in [-0.2, -0.15) is 0 Å². The lowest BCUT2D eigenvalue weighted by Gasteiger charge is -2.15. The Morgan fingerprint density at radius 2 is 1.76 bits per heavy atom. The predicted octanol–water partition coefficient (Wildman–Crippen LogP) is 0.475. The van der Waals surface area contributed by atoms with E-state index in [-0.39, 0.29) is 10.8 Å². The average Bonchev–Trinajstić information content (AvgIpc) is 2.28. The van der Waals surface area contributed by atoms with Gasteiger partial charge in [-0.25, -0.2) is 13.1 Å². The van der Waals surface area contributed by atoms with Crippen LogP contribution in [0, 0.1) is 5.92 Å². The molecule has 1 aromatic rings. The smallest absolute Gasteiger partial charge is 0.264 e. The Kier molecular flexibility index (Phi) is 4.25. The zero-order chi connectivity index (χ0) is 13.1. The lowest BCUT2D eigenvalue weighted by molar-refractivity contribution is -0.121. The van der Waals surface area contributed by atoms with Crippen LogP contribution in [-0.4, -0.2) is 20.4 Å². The molecule has 17 heavy (non-hydrogen) atoms. The molecule has 0 radical (unpaired) electrons. The minimum absolute atomic E-state index is 0.0457. The summed E-state index contributed by atoms with van der Waals surface area (Å²) in [5.41, 5.74) is 5.57. The molecule has 0 bridgehead atoms. The number of carbonyl (C=O) groups is 1. The fourth-order valence-corrected chi connectivity index (χ4v) is 2.20. The molecule has 3 N–H and O–H groups in total. The van der Waals surface area contributed by atoms with E-state index in [4.69, 9.17) is 5.73 Å². The topological polar surface area (TPSA) is 89.3 Å². The third kappa shape index (κ3) is 3.54. The number of rotatable bonds is 4. The molecule has 1 amide bonds. The van der Waals surface area contributed by atoms with Gasteiger partial charge in [0.05, 0.1) is 10.9 Å². The van der Waals surface area contributed by atoms with Gasteiger partial charge in [0.15, 0.2) is 0 Å². The molecule has 6 heteroatoms. The molecular weight excluding hydrogens is 240 g/mol. The molecular formula is C11H16N2O3S. The van der Waals surface area contributed by atoms with Crippen molar-refractivity contribution in [3.8, 4) is 0 Å². The molecule has 0 saturated heterocycles. The number of benzene rings is 1. The van der Waals surface area contributed by atoms with Gasteiger partial charge in [-0.3, -0.25) is 4.79 Å². The van der Waals surface area contributed by atoms with Crippen molar-refractivity contribution in [3.63, 3.8) is 0 Å². The fourth-order valence-electron chi connectivity index (χ4n) is 1.16. The Morgan fingerprint density at radius 1 is 1.24 bits per heavy atom. The van der Waals surface area contributed by atoms with E-state index in [9.17, 15) is 13.2 Å². The van der Waals surface area contributed by atoms with Crippen LogP contribution in [-0.2, 0) is 14.8 Å². The van der Waals surface area contributed by atoms with Crippen LogP contribution in [0.2, 0.25) is 0 Å². The van der Waals surface area contributed by atoms with Crippen molar-refractivity contribution in [2.45, 2.75) is 24.8 Å². The highest BCUT2D eigenvalue weighted by Crippen LogP contribution is 2.08. The molecule has 1 aromatic carbocycles. The lowest BCUT2D eigenvalue weighted by atomic mass is 10.1. The summed E-state index contributed by atoms with van der Waals surface area (Å²) in [6, 6.07) is 6.85. The van der Waals surface area contributed by atoms with Crippen LogP contribution in [0.25, 0.3) is 0 Å². The summed E-state index contributed by atoms with van der Waals surface area (Å²) in [5, 5.41) is 0. The van der Waals surface area contributed by atoms with E-state index in [0.29, 0.717) is 0 Å². The SMILES string of the molecule is CC(C)[C@@H](N)C(=O)NS(=O)(=O)c1ccccc1. The Hall–Kier alpha value is -1.40. The van der Waals surface area contributed by atoms with Crippen molar-refractivity contribution in [1.82, 2.24) is 4.72 Å². The molecule has 0 aliphatic carbocycles. The summed E-state index contributed by atoms with van der Waals surface area (Å²) >= 11 is 0. The van der Waals surface area contributed by atoms with E-state index in [2.05, 4.69) is 0 Å². The Balaban J connectivity index is 2.85. The average molecular weight is 256 g/mol. The van der Waals surface area contributed by atoms with Gasteiger partial charge >= 0.3 is 0 Å². The second-order valence-electron chi connectivity index (χ2n) is 4.05. The molecule has 94 valence electrons. The van der Waals surface area contributed by atoms with E-state index in [0.717, 1.165) is 0 Å². The van der Waals surface area contributed by atoms with E-state index in [1.165, 1.54) is 12.1 Å². The van der Waals surface area contributed by atoms with Gasteiger partial charge < -0.3 is 5.73 Å². The third-order valence-corrected chi connectivity index (χ3v) is 3.67. The quantitative estimate of drug-likeness (QED) is 0.819. The number of hydrogen-bond donors (Lipinski definition) is 2. The largest absolute Gasteiger partial charge is 0.320 e. The maximum atomic E-state index is 11.8. The molecule has 0 heterocycles.